The fourth-order valence-corrected chi connectivity index (χ4v) is 3.09. The number of nitrogens with two attached hydrogens (primary N) is 1. The van der Waals surface area contributed by atoms with E-state index >= 15 is 0 Å². The van der Waals surface area contributed by atoms with Gasteiger partial charge in [-0.15, -0.1) is 11.3 Å². The van der Waals surface area contributed by atoms with Gasteiger partial charge in [-0.05, 0) is 35.7 Å². The third-order valence-electron chi connectivity index (χ3n) is 3.25. The third-order valence-corrected chi connectivity index (χ3v) is 4.10. The Morgan fingerprint density at radius 2 is 2.25 bits per heavy atom. The van der Waals surface area contributed by atoms with Crippen LogP contribution in [0.2, 0.25) is 0 Å². The molecule has 102 valence electrons. The van der Waals surface area contributed by atoms with Gasteiger partial charge in [0, 0.05) is 18.0 Å². The molecule has 20 heavy (non-hydrogen) atoms. The molecule has 3 aromatic heterocycles. The Morgan fingerprint density at radius 1 is 1.35 bits per heavy atom. The topological polar surface area (TPSA) is 63.8 Å². The smallest absolute Gasteiger partial charge is 0.128 e. The molecule has 0 spiro atoms. The lowest BCUT2D eigenvalue weighted by Gasteiger charge is -2.19. The van der Waals surface area contributed by atoms with Gasteiger partial charge in [-0.25, -0.2) is 4.98 Å². The van der Waals surface area contributed by atoms with E-state index in [0.717, 1.165) is 23.2 Å². The van der Waals surface area contributed by atoms with Crippen molar-refractivity contribution in [1.82, 2.24) is 15.3 Å². The van der Waals surface area contributed by atoms with Gasteiger partial charge < -0.3 is 11.1 Å². The molecular formula is C15H16N4S. The Morgan fingerprint density at radius 3 is 3.05 bits per heavy atom. The summed E-state index contributed by atoms with van der Waals surface area (Å²) in [6.07, 6.45) is 3.62. The first kappa shape index (κ1) is 13.0. The molecule has 4 nitrogen and oxygen atoms in total. The molecule has 0 aliphatic heterocycles. The first-order valence-electron chi connectivity index (χ1n) is 6.56. The number of fused-ring (bicyclic) bond motifs is 1. The summed E-state index contributed by atoms with van der Waals surface area (Å²) in [7, 11) is 0. The molecule has 0 amide bonds. The van der Waals surface area contributed by atoms with E-state index in [2.05, 4.69) is 33.7 Å². The standard InChI is InChI=1S/C15H16N4S/c1-2-17-14(11-4-3-6-18-15(11)16)10-8-13-12(19-9-10)5-7-20-13/h3-9,14,17H,2H2,1H3,(H2,16,18). The second-order valence-corrected chi connectivity index (χ2v) is 5.49. The Kier molecular flexibility index (Phi) is 3.62. The number of hydrogen-bond acceptors (Lipinski definition) is 5. The van der Waals surface area contributed by atoms with Crippen LogP contribution in [-0.4, -0.2) is 16.5 Å². The molecule has 3 heterocycles. The number of nitrogens with one attached hydrogen (secondary N) is 1. The van der Waals surface area contributed by atoms with Gasteiger partial charge >= 0.3 is 0 Å². The number of thiophene rings is 1. The van der Waals surface area contributed by atoms with Crippen LogP contribution in [-0.2, 0) is 0 Å². The van der Waals surface area contributed by atoms with E-state index in [1.54, 1.807) is 17.5 Å². The van der Waals surface area contributed by atoms with Crippen molar-refractivity contribution in [3.8, 4) is 0 Å². The normalized spacial score (nSPS) is 12.7. The summed E-state index contributed by atoms with van der Waals surface area (Å²) in [4.78, 5) is 8.69. The number of anilines is 1. The molecule has 3 aromatic rings. The molecule has 0 aliphatic carbocycles. The largest absolute Gasteiger partial charge is 0.383 e. The van der Waals surface area contributed by atoms with E-state index in [9.17, 15) is 0 Å². The third kappa shape index (κ3) is 2.37. The minimum absolute atomic E-state index is 0.0210. The summed E-state index contributed by atoms with van der Waals surface area (Å²) in [6, 6.07) is 8.14. The molecule has 0 saturated carbocycles. The first-order valence-corrected chi connectivity index (χ1v) is 7.44. The summed E-state index contributed by atoms with van der Waals surface area (Å²) in [5.41, 5.74) is 9.15. The van der Waals surface area contributed by atoms with E-state index in [0.29, 0.717) is 5.82 Å². The van der Waals surface area contributed by atoms with Crippen LogP contribution in [0, 0.1) is 0 Å². The van der Waals surface area contributed by atoms with Crippen molar-refractivity contribution in [3.05, 3.63) is 53.2 Å². The monoisotopic (exact) mass is 284 g/mol. The van der Waals surface area contributed by atoms with Gasteiger partial charge in [-0.3, -0.25) is 4.98 Å². The second kappa shape index (κ2) is 5.56. The van der Waals surface area contributed by atoms with Crippen molar-refractivity contribution in [3.63, 3.8) is 0 Å². The summed E-state index contributed by atoms with van der Waals surface area (Å²) < 4.78 is 1.19. The van der Waals surface area contributed by atoms with Gasteiger partial charge in [0.05, 0.1) is 16.3 Å². The molecule has 1 atom stereocenters. The predicted octanol–water partition coefficient (Wildman–Crippen LogP) is 2.97. The zero-order valence-electron chi connectivity index (χ0n) is 11.2. The van der Waals surface area contributed by atoms with Crippen LogP contribution in [0.25, 0.3) is 10.2 Å². The quantitative estimate of drug-likeness (QED) is 0.773. The SMILES string of the molecule is CCNC(c1cnc2ccsc2c1)c1cccnc1N. The lowest BCUT2D eigenvalue weighted by molar-refractivity contribution is 0.629. The zero-order valence-corrected chi connectivity index (χ0v) is 12.0. The molecule has 3 rings (SSSR count). The Balaban J connectivity index is 2.07. The second-order valence-electron chi connectivity index (χ2n) is 4.54. The van der Waals surface area contributed by atoms with Crippen LogP contribution < -0.4 is 11.1 Å². The average molecular weight is 284 g/mol. The lowest BCUT2D eigenvalue weighted by atomic mass is 10.0. The van der Waals surface area contributed by atoms with Crippen LogP contribution >= 0.6 is 11.3 Å². The molecule has 0 saturated heterocycles. The van der Waals surface area contributed by atoms with Gasteiger partial charge in [0.2, 0.25) is 0 Å². The minimum Gasteiger partial charge on any atom is -0.383 e. The highest BCUT2D eigenvalue weighted by molar-refractivity contribution is 7.17. The Hall–Kier alpha value is -1.98. The number of pyridine rings is 2. The molecule has 0 bridgehead atoms. The lowest BCUT2D eigenvalue weighted by Crippen LogP contribution is -2.23. The Bertz CT molecular complexity index is 722. The number of nitrogen functional groups attached to an aromatic ring is 1. The first-order chi connectivity index (χ1) is 9.79. The molecule has 0 aromatic carbocycles. The highest BCUT2D eigenvalue weighted by atomic mass is 32.1. The van der Waals surface area contributed by atoms with Crippen molar-refractivity contribution >= 4 is 27.4 Å². The maximum atomic E-state index is 6.01. The van der Waals surface area contributed by atoms with E-state index in [1.165, 1.54) is 4.70 Å². The molecule has 5 heteroatoms. The summed E-state index contributed by atoms with van der Waals surface area (Å²) >= 11 is 1.70. The van der Waals surface area contributed by atoms with Gasteiger partial charge in [-0.1, -0.05) is 13.0 Å². The number of hydrogen-bond donors (Lipinski definition) is 2. The van der Waals surface area contributed by atoms with Crippen molar-refractivity contribution in [1.29, 1.82) is 0 Å². The van der Waals surface area contributed by atoms with Crippen molar-refractivity contribution in [2.45, 2.75) is 13.0 Å². The molecular weight excluding hydrogens is 268 g/mol. The fraction of sp³-hybridized carbons (Fsp3) is 0.200. The number of rotatable bonds is 4. The highest BCUT2D eigenvalue weighted by Crippen LogP contribution is 2.28. The maximum Gasteiger partial charge on any atom is 0.128 e. The van der Waals surface area contributed by atoms with E-state index in [1.807, 2.05) is 24.4 Å². The summed E-state index contributed by atoms with van der Waals surface area (Å²) in [5.74, 6) is 0.560. The maximum absolute atomic E-state index is 6.01. The van der Waals surface area contributed by atoms with Crippen LogP contribution in [0.3, 0.4) is 0 Å². The van der Waals surface area contributed by atoms with Gasteiger partial charge in [0.1, 0.15) is 5.82 Å². The van der Waals surface area contributed by atoms with Crippen LogP contribution in [0.1, 0.15) is 24.1 Å². The van der Waals surface area contributed by atoms with Crippen molar-refractivity contribution < 1.29 is 0 Å². The van der Waals surface area contributed by atoms with Gasteiger partial charge in [0.15, 0.2) is 0 Å². The van der Waals surface area contributed by atoms with Crippen LogP contribution in [0.4, 0.5) is 5.82 Å². The molecule has 0 radical (unpaired) electrons. The van der Waals surface area contributed by atoms with Crippen LogP contribution in [0.5, 0.6) is 0 Å². The molecule has 0 aliphatic rings. The minimum atomic E-state index is 0.0210. The van der Waals surface area contributed by atoms with E-state index in [-0.39, 0.29) is 6.04 Å². The van der Waals surface area contributed by atoms with Crippen molar-refractivity contribution in [2.75, 3.05) is 12.3 Å². The van der Waals surface area contributed by atoms with E-state index in [4.69, 9.17) is 5.73 Å². The highest BCUT2D eigenvalue weighted by Gasteiger charge is 2.17. The van der Waals surface area contributed by atoms with Crippen molar-refractivity contribution in [2.24, 2.45) is 0 Å². The predicted molar refractivity (Wildman–Crippen MR) is 83.8 cm³/mol. The fourth-order valence-electron chi connectivity index (χ4n) is 2.31. The zero-order chi connectivity index (χ0) is 13.9. The number of aromatic nitrogens is 2. The van der Waals surface area contributed by atoms with E-state index < -0.39 is 0 Å². The van der Waals surface area contributed by atoms with Crippen LogP contribution in [0.15, 0.2) is 42.0 Å². The summed E-state index contributed by atoms with van der Waals surface area (Å²) in [5, 5.41) is 5.52. The average Bonchev–Trinajstić information content (AvgIpc) is 2.93. The van der Waals surface area contributed by atoms with Gasteiger partial charge in [-0.2, -0.15) is 0 Å². The number of nitrogens with zero attached hydrogens (tertiary/aromatic N) is 2. The molecule has 1 unspecified atom stereocenters. The summed E-state index contributed by atoms with van der Waals surface area (Å²) in [6.45, 7) is 2.93. The Labute approximate surface area is 121 Å². The molecule has 3 N–H and O–H groups in total. The van der Waals surface area contributed by atoms with Gasteiger partial charge in [0.25, 0.3) is 0 Å². The molecule has 0 fully saturated rings.